The van der Waals surface area contributed by atoms with Crippen molar-refractivity contribution in [2.45, 2.75) is 6.61 Å². The Morgan fingerprint density at radius 3 is 2.70 bits per heavy atom. The van der Waals surface area contributed by atoms with Crippen molar-refractivity contribution in [3.8, 4) is 16.3 Å². The summed E-state index contributed by atoms with van der Waals surface area (Å²) in [5.41, 5.74) is 2.78. The quantitative estimate of drug-likeness (QED) is 0.242. The Balaban J connectivity index is 1.56. The molecule has 0 unspecified atom stereocenters. The van der Waals surface area contributed by atoms with Gasteiger partial charge in [-0.25, -0.2) is 9.97 Å². The molecular formula is C22H20ClN5OS. The van der Waals surface area contributed by atoms with Gasteiger partial charge in [-0.05, 0) is 24.3 Å². The molecule has 0 saturated heterocycles. The van der Waals surface area contributed by atoms with Crippen molar-refractivity contribution in [2.24, 2.45) is 5.10 Å². The molecule has 0 amide bonds. The van der Waals surface area contributed by atoms with E-state index in [-0.39, 0.29) is 0 Å². The topological polar surface area (TPSA) is 55.5 Å². The van der Waals surface area contributed by atoms with Crippen LogP contribution in [0.1, 0.15) is 11.3 Å². The number of halogens is 1. The number of aromatic nitrogens is 3. The molecule has 2 heterocycles. The highest BCUT2D eigenvalue weighted by molar-refractivity contribution is 7.13. The second kappa shape index (κ2) is 9.11. The van der Waals surface area contributed by atoms with Crippen LogP contribution in [0, 0.1) is 0 Å². The maximum Gasteiger partial charge on any atom is 0.168 e. The summed E-state index contributed by atoms with van der Waals surface area (Å²) in [5, 5.41) is 10.0. The van der Waals surface area contributed by atoms with Crippen LogP contribution in [0.15, 0.2) is 77.7 Å². The van der Waals surface area contributed by atoms with Crippen LogP contribution in [0.4, 0.5) is 0 Å². The predicted molar refractivity (Wildman–Crippen MR) is 121 cm³/mol. The van der Waals surface area contributed by atoms with Gasteiger partial charge in [0.2, 0.25) is 0 Å². The summed E-state index contributed by atoms with van der Waals surface area (Å²) < 4.78 is 8.01. The van der Waals surface area contributed by atoms with Crippen LogP contribution in [0.3, 0.4) is 0 Å². The Morgan fingerprint density at radius 1 is 1.17 bits per heavy atom. The summed E-state index contributed by atoms with van der Waals surface area (Å²) in [5.74, 6) is 1.46. The van der Waals surface area contributed by atoms with Gasteiger partial charge in [0.25, 0.3) is 0 Å². The van der Waals surface area contributed by atoms with Crippen LogP contribution in [0.5, 0.6) is 5.75 Å². The van der Waals surface area contributed by atoms with Gasteiger partial charge >= 0.3 is 0 Å². The average Bonchev–Trinajstić information content (AvgIpc) is 3.44. The minimum Gasteiger partial charge on any atom is -0.486 e. The summed E-state index contributed by atoms with van der Waals surface area (Å²) in [6, 6.07) is 15.5. The van der Waals surface area contributed by atoms with Crippen LogP contribution >= 0.6 is 22.9 Å². The van der Waals surface area contributed by atoms with E-state index < -0.39 is 0 Å². The first-order valence-electron chi connectivity index (χ1n) is 9.27. The van der Waals surface area contributed by atoms with Crippen molar-refractivity contribution in [3.05, 3.63) is 88.9 Å². The van der Waals surface area contributed by atoms with Crippen LogP contribution in [0.25, 0.3) is 10.6 Å². The number of imidazole rings is 1. The fourth-order valence-electron chi connectivity index (χ4n) is 2.85. The molecule has 0 fully saturated rings. The first kappa shape index (κ1) is 20.1. The van der Waals surface area contributed by atoms with Crippen molar-refractivity contribution in [1.82, 2.24) is 19.5 Å². The Kier molecular flexibility index (Phi) is 6.11. The molecule has 0 bridgehead atoms. The van der Waals surface area contributed by atoms with Crippen LogP contribution < -0.4 is 4.74 Å². The van der Waals surface area contributed by atoms with E-state index in [1.54, 1.807) is 28.9 Å². The maximum absolute atomic E-state index is 6.14. The van der Waals surface area contributed by atoms with Crippen LogP contribution in [-0.4, -0.2) is 39.5 Å². The van der Waals surface area contributed by atoms with E-state index in [1.165, 1.54) is 0 Å². The van der Waals surface area contributed by atoms with Crippen molar-refractivity contribution in [2.75, 3.05) is 14.1 Å². The number of thiazole rings is 1. The van der Waals surface area contributed by atoms with E-state index in [1.807, 2.05) is 78.8 Å². The molecule has 0 atom stereocenters. The zero-order valence-electron chi connectivity index (χ0n) is 16.6. The molecule has 6 nitrogen and oxygen atoms in total. The highest BCUT2D eigenvalue weighted by Crippen LogP contribution is 2.26. The summed E-state index contributed by atoms with van der Waals surface area (Å²) in [7, 11) is 3.77. The molecule has 4 rings (SSSR count). The fourth-order valence-corrected chi connectivity index (χ4v) is 3.78. The summed E-state index contributed by atoms with van der Waals surface area (Å²) in [6.45, 7) is 0.361. The minimum atomic E-state index is 0.361. The number of benzene rings is 2. The number of para-hydroxylation sites is 1. The molecule has 0 aliphatic heterocycles. The molecule has 0 radical (unpaired) electrons. The van der Waals surface area contributed by atoms with Gasteiger partial charge in [-0.2, -0.15) is 5.10 Å². The largest absolute Gasteiger partial charge is 0.486 e. The van der Waals surface area contributed by atoms with Gasteiger partial charge in [0.15, 0.2) is 5.84 Å². The van der Waals surface area contributed by atoms with Gasteiger partial charge in [-0.1, -0.05) is 35.9 Å². The second-order valence-corrected chi connectivity index (χ2v) is 7.97. The maximum atomic E-state index is 6.14. The van der Waals surface area contributed by atoms with E-state index in [0.717, 1.165) is 33.4 Å². The van der Waals surface area contributed by atoms with Crippen LogP contribution in [0.2, 0.25) is 5.02 Å². The van der Waals surface area contributed by atoms with Crippen LogP contribution in [-0.2, 0) is 6.61 Å². The van der Waals surface area contributed by atoms with Crippen molar-refractivity contribution < 1.29 is 4.74 Å². The van der Waals surface area contributed by atoms with Gasteiger partial charge in [0, 0.05) is 42.5 Å². The number of nitrogens with zero attached hydrogens (tertiary/aromatic N) is 5. The molecular weight excluding hydrogens is 418 g/mol. The molecule has 2 aromatic carbocycles. The zero-order chi connectivity index (χ0) is 20.9. The second-order valence-electron chi connectivity index (χ2n) is 6.68. The van der Waals surface area contributed by atoms with E-state index in [9.17, 15) is 0 Å². The Bertz CT molecular complexity index is 1140. The van der Waals surface area contributed by atoms with Crippen molar-refractivity contribution >= 4 is 28.8 Å². The van der Waals surface area contributed by atoms with Gasteiger partial charge in [0.1, 0.15) is 23.7 Å². The summed E-state index contributed by atoms with van der Waals surface area (Å²) in [4.78, 5) is 8.84. The molecule has 0 aliphatic carbocycles. The molecule has 152 valence electrons. The normalized spacial score (nSPS) is 11.5. The predicted octanol–water partition coefficient (Wildman–Crippen LogP) is 5.01. The highest BCUT2D eigenvalue weighted by Gasteiger charge is 2.14. The van der Waals surface area contributed by atoms with Gasteiger partial charge in [-0.15, -0.1) is 11.3 Å². The number of hydrazone groups is 1. The molecule has 0 aliphatic rings. The Morgan fingerprint density at radius 2 is 1.97 bits per heavy atom. The summed E-state index contributed by atoms with van der Waals surface area (Å²) in [6.07, 6.45) is 5.30. The first-order chi connectivity index (χ1) is 14.6. The van der Waals surface area contributed by atoms with Gasteiger partial charge in [-0.3, -0.25) is 4.57 Å². The lowest BCUT2D eigenvalue weighted by atomic mass is 10.2. The van der Waals surface area contributed by atoms with Gasteiger partial charge < -0.3 is 9.75 Å². The number of hydrogen-bond acceptors (Lipinski definition) is 6. The van der Waals surface area contributed by atoms with E-state index in [2.05, 4.69) is 10.1 Å². The van der Waals surface area contributed by atoms with E-state index in [4.69, 9.17) is 21.3 Å². The average molecular weight is 438 g/mol. The molecule has 4 aromatic rings. The first-order valence-corrected chi connectivity index (χ1v) is 10.5. The number of ether oxygens (including phenoxy) is 1. The zero-order valence-corrected chi connectivity index (χ0v) is 18.1. The molecule has 0 saturated carbocycles. The lowest BCUT2D eigenvalue weighted by Crippen LogP contribution is -2.18. The van der Waals surface area contributed by atoms with Crippen molar-refractivity contribution in [3.63, 3.8) is 0 Å². The monoisotopic (exact) mass is 437 g/mol. The smallest absolute Gasteiger partial charge is 0.168 e. The molecule has 0 N–H and O–H groups in total. The Hall–Kier alpha value is -3.16. The lowest BCUT2D eigenvalue weighted by Gasteiger charge is -2.15. The third-order valence-electron chi connectivity index (χ3n) is 4.19. The van der Waals surface area contributed by atoms with E-state index in [0.29, 0.717) is 11.6 Å². The molecule has 8 heteroatoms. The minimum absolute atomic E-state index is 0.361. The van der Waals surface area contributed by atoms with Gasteiger partial charge in [0.05, 0.1) is 11.3 Å². The van der Waals surface area contributed by atoms with Crippen molar-refractivity contribution in [1.29, 1.82) is 0 Å². The number of rotatable bonds is 6. The molecule has 30 heavy (non-hydrogen) atoms. The molecule has 0 spiro atoms. The standard InChI is InChI=1S/C22H20ClN5OS/c1-27(2)26-21(28-12-11-24-15-28)19-5-3-4-6-20(19)29-13-18-14-30-22(25-18)16-7-9-17(23)10-8-16/h3-12,14-15H,13H2,1-2H3/b26-21+. The molecule has 2 aromatic heterocycles. The van der Waals surface area contributed by atoms with E-state index >= 15 is 0 Å². The fraction of sp³-hybridized carbons (Fsp3) is 0.136. The number of hydrogen-bond donors (Lipinski definition) is 0. The summed E-state index contributed by atoms with van der Waals surface area (Å²) >= 11 is 7.56. The third-order valence-corrected chi connectivity index (χ3v) is 5.38. The lowest BCUT2D eigenvalue weighted by molar-refractivity contribution is 0.301. The SMILES string of the molecule is CN(C)/N=C(\c1ccccc1OCc1csc(-c2ccc(Cl)cc2)n1)n1ccnc1. The highest BCUT2D eigenvalue weighted by atomic mass is 35.5. The Labute approximate surface area is 184 Å². The third kappa shape index (κ3) is 4.69.